The first kappa shape index (κ1) is 22.9. The van der Waals surface area contributed by atoms with Gasteiger partial charge in [-0.2, -0.15) is 0 Å². The van der Waals surface area contributed by atoms with Gasteiger partial charge in [-0.1, -0.05) is 23.8 Å². The van der Waals surface area contributed by atoms with E-state index >= 15 is 0 Å². The van der Waals surface area contributed by atoms with Gasteiger partial charge in [0.25, 0.3) is 0 Å². The summed E-state index contributed by atoms with van der Waals surface area (Å²) in [6, 6.07) is 8.31. The van der Waals surface area contributed by atoms with Crippen molar-refractivity contribution in [1.29, 1.82) is 0 Å². The topological polar surface area (TPSA) is 54.0 Å². The number of aryl methyl sites for hydroxylation is 1. The Morgan fingerprint density at radius 1 is 1.38 bits per heavy atom. The molecule has 1 aromatic carbocycles. The number of piperidine rings is 1. The first-order valence-electron chi connectivity index (χ1n) is 8.69. The molecule has 1 aliphatic heterocycles. The highest BCUT2D eigenvalue weighted by atomic mass is 35.5. The van der Waals surface area contributed by atoms with Crippen LogP contribution in [0.1, 0.15) is 30.5 Å². The number of carbonyl (C=O) groups is 1. The minimum absolute atomic E-state index is 0. The molecule has 3 rings (SSSR count). The third-order valence-electron chi connectivity index (χ3n) is 4.43. The normalized spacial score (nSPS) is 16.3. The molecule has 0 radical (unpaired) electrons. The maximum absolute atomic E-state index is 12.1. The number of benzene rings is 1. The Hall–Kier alpha value is -1.14. The van der Waals surface area contributed by atoms with Gasteiger partial charge >= 0.3 is 0 Å². The molecule has 26 heavy (non-hydrogen) atoms. The molecule has 4 nitrogen and oxygen atoms in total. The van der Waals surface area contributed by atoms with E-state index < -0.39 is 0 Å². The zero-order chi connectivity index (χ0) is 16.8. The molecule has 0 aliphatic carbocycles. The molecule has 1 amide bonds. The number of halogens is 2. The summed E-state index contributed by atoms with van der Waals surface area (Å²) >= 11 is 1.60. The Bertz CT molecular complexity index is 687. The van der Waals surface area contributed by atoms with Crippen LogP contribution >= 0.6 is 36.2 Å². The summed E-state index contributed by atoms with van der Waals surface area (Å²) in [6.07, 6.45) is 3.95. The number of amides is 1. The average Bonchev–Trinajstić information content (AvgIpc) is 3.04. The number of rotatable bonds is 6. The van der Waals surface area contributed by atoms with E-state index in [0.717, 1.165) is 42.3 Å². The third kappa shape index (κ3) is 6.88. The lowest BCUT2D eigenvalue weighted by Gasteiger charge is -2.22. The molecule has 1 aromatic heterocycles. The monoisotopic (exact) mass is 415 g/mol. The van der Waals surface area contributed by atoms with Crippen LogP contribution in [0.5, 0.6) is 0 Å². The van der Waals surface area contributed by atoms with Gasteiger partial charge in [0.1, 0.15) is 5.01 Å². The molecule has 0 saturated carbocycles. The van der Waals surface area contributed by atoms with E-state index in [9.17, 15) is 4.79 Å². The zero-order valence-electron chi connectivity index (χ0n) is 15.0. The van der Waals surface area contributed by atoms with Crippen molar-refractivity contribution in [3.8, 4) is 10.6 Å². The predicted molar refractivity (Wildman–Crippen MR) is 114 cm³/mol. The average molecular weight is 416 g/mol. The molecule has 1 fully saturated rings. The van der Waals surface area contributed by atoms with Gasteiger partial charge in [0.2, 0.25) is 5.91 Å². The molecule has 0 bridgehead atoms. The van der Waals surface area contributed by atoms with Gasteiger partial charge in [-0.15, -0.1) is 36.2 Å². The first-order valence-corrected chi connectivity index (χ1v) is 9.57. The van der Waals surface area contributed by atoms with Gasteiger partial charge < -0.3 is 10.6 Å². The number of nitrogens with one attached hydrogen (secondary N) is 2. The Morgan fingerprint density at radius 3 is 2.96 bits per heavy atom. The largest absolute Gasteiger partial charge is 0.356 e. The minimum atomic E-state index is 0. The Kier molecular flexibility index (Phi) is 10.2. The predicted octanol–water partition coefficient (Wildman–Crippen LogP) is 4.01. The van der Waals surface area contributed by atoms with Crippen LogP contribution in [-0.2, 0) is 11.2 Å². The van der Waals surface area contributed by atoms with Crippen molar-refractivity contribution in [3.05, 3.63) is 40.9 Å². The third-order valence-corrected chi connectivity index (χ3v) is 5.37. The molecule has 2 heterocycles. The van der Waals surface area contributed by atoms with E-state index in [1.165, 1.54) is 18.4 Å². The van der Waals surface area contributed by atoms with Crippen molar-refractivity contribution in [1.82, 2.24) is 15.6 Å². The zero-order valence-corrected chi connectivity index (χ0v) is 17.4. The summed E-state index contributed by atoms with van der Waals surface area (Å²) in [6.45, 7) is 5.06. The number of hydrogen-bond donors (Lipinski definition) is 2. The molecule has 7 heteroatoms. The quantitative estimate of drug-likeness (QED) is 0.748. The molecule has 1 unspecified atom stereocenters. The number of aromatic nitrogens is 1. The molecule has 0 spiro atoms. The molecule has 1 atom stereocenters. The lowest BCUT2D eigenvalue weighted by molar-refractivity contribution is -0.120. The van der Waals surface area contributed by atoms with E-state index in [2.05, 4.69) is 40.7 Å². The number of thiazole rings is 1. The van der Waals surface area contributed by atoms with Gasteiger partial charge in [-0.05, 0) is 51.3 Å². The van der Waals surface area contributed by atoms with Gasteiger partial charge in [0, 0.05) is 17.5 Å². The molecular weight excluding hydrogens is 389 g/mol. The van der Waals surface area contributed by atoms with E-state index in [4.69, 9.17) is 0 Å². The van der Waals surface area contributed by atoms with E-state index in [0.29, 0.717) is 12.3 Å². The summed E-state index contributed by atoms with van der Waals surface area (Å²) in [7, 11) is 0. The maximum Gasteiger partial charge on any atom is 0.226 e. The van der Waals surface area contributed by atoms with Crippen LogP contribution in [0.15, 0.2) is 29.6 Å². The number of hydrogen-bond acceptors (Lipinski definition) is 4. The molecule has 2 aromatic rings. The maximum atomic E-state index is 12.1. The summed E-state index contributed by atoms with van der Waals surface area (Å²) < 4.78 is 0. The van der Waals surface area contributed by atoms with Crippen molar-refractivity contribution < 1.29 is 4.79 Å². The van der Waals surface area contributed by atoms with Gasteiger partial charge in [-0.25, -0.2) is 4.98 Å². The van der Waals surface area contributed by atoms with Crippen molar-refractivity contribution in [2.24, 2.45) is 5.92 Å². The summed E-state index contributed by atoms with van der Waals surface area (Å²) in [5.41, 5.74) is 3.20. The van der Waals surface area contributed by atoms with Crippen LogP contribution in [0.2, 0.25) is 0 Å². The lowest BCUT2D eigenvalue weighted by Crippen LogP contribution is -2.33. The van der Waals surface area contributed by atoms with Gasteiger partial charge in [0.05, 0.1) is 12.1 Å². The van der Waals surface area contributed by atoms with E-state index in [1.54, 1.807) is 11.3 Å². The molecule has 144 valence electrons. The van der Waals surface area contributed by atoms with Crippen LogP contribution in [0.25, 0.3) is 10.6 Å². The lowest BCUT2D eigenvalue weighted by atomic mass is 9.96. The van der Waals surface area contributed by atoms with Crippen molar-refractivity contribution in [2.45, 2.75) is 32.6 Å². The highest BCUT2D eigenvalue weighted by Gasteiger charge is 2.13. The van der Waals surface area contributed by atoms with Crippen LogP contribution in [-0.4, -0.2) is 30.5 Å². The number of nitrogens with zero attached hydrogens (tertiary/aromatic N) is 1. The molecule has 2 N–H and O–H groups in total. The standard InChI is InChI=1S/C19H25N3OS.2ClH/c1-14-4-2-6-16(10-14)19-22-17(13-24-19)11-18(23)21-9-7-15-5-3-8-20-12-15;;/h2,4,6,10,13,15,20H,3,5,7-9,11-12H2,1H3,(H,21,23);2*1H. The Balaban J connectivity index is 0.00000169. The van der Waals surface area contributed by atoms with Crippen molar-refractivity contribution >= 4 is 42.1 Å². The van der Waals surface area contributed by atoms with E-state index in [1.807, 2.05) is 11.4 Å². The minimum Gasteiger partial charge on any atom is -0.356 e. The molecule has 1 aliphatic rings. The SMILES string of the molecule is Cc1cccc(-c2nc(CC(=O)NCCC3CCCNC3)cs2)c1.Cl.Cl. The number of carbonyl (C=O) groups excluding carboxylic acids is 1. The molecule has 1 saturated heterocycles. The first-order chi connectivity index (χ1) is 11.7. The molecular formula is C19H27Cl2N3OS. The fourth-order valence-electron chi connectivity index (χ4n) is 3.11. The summed E-state index contributed by atoms with van der Waals surface area (Å²) in [5.74, 6) is 0.770. The Labute approximate surface area is 172 Å². The summed E-state index contributed by atoms with van der Waals surface area (Å²) in [4.78, 5) is 16.7. The second kappa shape index (κ2) is 11.5. The highest BCUT2D eigenvalue weighted by Crippen LogP contribution is 2.24. The second-order valence-corrected chi connectivity index (χ2v) is 7.40. The van der Waals surface area contributed by atoms with Crippen molar-refractivity contribution in [2.75, 3.05) is 19.6 Å². The Morgan fingerprint density at radius 2 is 2.23 bits per heavy atom. The van der Waals surface area contributed by atoms with E-state index in [-0.39, 0.29) is 30.7 Å². The highest BCUT2D eigenvalue weighted by molar-refractivity contribution is 7.13. The van der Waals surface area contributed by atoms with Crippen LogP contribution in [0, 0.1) is 12.8 Å². The van der Waals surface area contributed by atoms with Crippen LogP contribution in [0.3, 0.4) is 0 Å². The fraction of sp³-hybridized carbons (Fsp3) is 0.474. The fourth-order valence-corrected chi connectivity index (χ4v) is 3.93. The summed E-state index contributed by atoms with van der Waals surface area (Å²) in [5, 5.41) is 9.42. The smallest absolute Gasteiger partial charge is 0.226 e. The van der Waals surface area contributed by atoms with Crippen molar-refractivity contribution in [3.63, 3.8) is 0 Å². The van der Waals surface area contributed by atoms with Gasteiger partial charge in [0.15, 0.2) is 0 Å². The van der Waals surface area contributed by atoms with Crippen LogP contribution < -0.4 is 10.6 Å². The second-order valence-electron chi connectivity index (χ2n) is 6.54. The van der Waals surface area contributed by atoms with Crippen LogP contribution in [0.4, 0.5) is 0 Å². The van der Waals surface area contributed by atoms with Gasteiger partial charge in [-0.3, -0.25) is 4.79 Å².